The molecule has 0 aliphatic heterocycles. The van der Waals surface area contributed by atoms with Crippen LogP contribution in [0.4, 0.5) is 4.79 Å². The van der Waals surface area contributed by atoms with Crippen molar-refractivity contribution < 1.29 is 33.8 Å². The van der Waals surface area contributed by atoms with Gasteiger partial charge in [-0.15, -0.1) is 0 Å². The molecule has 4 rings (SSSR count). The number of aliphatic hydroxyl groups is 1. The third-order valence-corrected chi connectivity index (χ3v) is 7.64. The minimum Gasteiger partial charge on any atom is -0.489 e. The highest BCUT2D eigenvalue weighted by Crippen LogP contribution is 2.19. The second-order valence-electron chi connectivity index (χ2n) is 12.1. The molecule has 1 unspecified atom stereocenters. The fourth-order valence-corrected chi connectivity index (χ4v) is 5.02. The molecular weight excluding hydrogens is 622 g/mol. The first-order valence-electron chi connectivity index (χ1n) is 16.3. The van der Waals surface area contributed by atoms with Gasteiger partial charge in [0.25, 0.3) is 5.91 Å². The predicted molar refractivity (Wildman–Crippen MR) is 185 cm³/mol. The van der Waals surface area contributed by atoms with Gasteiger partial charge in [-0.1, -0.05) is 117 Å². The number of benzene rings is 4. The molecule has 3 atom stereocenters. The van der Waals surface area contributed by atoms with E-state index in [-0.39, 0.29) is 31.9 Å². The Balaban J connectivity index is 1.36. The normalized spacial score (nSPS) is 12.7. The zero-order valence-electron chi connectivity index (χ0n) is 27.7. The van der Waals surface area contributed by atoms with Crippen LogP contribution in [0.15, 0.2) is 115 Å². The first-order valence-corrected chi connectivity index (χ1v) is 16.3. The SMILES string of the molecule is CC(C)C[C@H](NC(=O)OCc1ccccc1)C(=O)N[C@@H](Cc1ccccc1)C(=O)C(=O)NCC(O)c1ccc(OCc2ccccc2)cc1. The van der Waals surface area contributed by atoms with Crippen molar-refractivity contribution in [1.29, 1.82) is 0 Å². The van der Waals surface area contributed by atoms with Crippen molar-refractivity contribution in [3.05, 3.63) is 138 Å². The molecule has 49 heavy (non-hydrogen) atoms. The van der Waals surface area contributed by atoms with E-state index in [1.807, 2.05) is 80.6 Å². The van der Waals surface area contributed by atoms with Gasteiger partial charge in [-0.2, -0.15) is 0 Å². The lowest BCUT2D eigenvalue weighted by molar-refractivity contribution is -0.140. The molecule has 0 aliphatic carbocycles. The molecule has 4 aromatic carbocycles. The Hall–Kier alpha value is -5.48. The number of carbonyl (C=O) groups is 4. The van der Waals surface area contributed by atoms with Gasteiger partial charge >= 0.3 is 6.09 Å². The Bertz CT molecular complexity index is 1630. The van der Waals surface area contributed by atoms with Crippen LogP contribution in [0, 0.1) is 5.92 Å². The molecule has 4 aromatic rings. The third kappa shape index (κ3) is 12.2. The summed E-state index contributed by atoms with van der Waals surface area (Å²) in [5, 5.41) is 18.5. The molecule has 256 valence electrons. The number of carbonyl (C=O) groups excluding carboxylic acids is 4. The summed E-state index contributed by atoms with van der Waals surface area (Å²) < 4.78 is 11.1. The molecule has 10 nitrogen and oxygen atoms in total. The number of ketones is 1. The highest BCUT2D eigenvalue weighted by Gasteiger charge is 2.31. The number of alkyl carbamates (subject to hydrolysis) is 1. The van der Waals surface area contributed by atoms with E-state index in [1.165, 1.54) is 0 Å². The second kappa shape index (κ2) is 18.8. The minimum absolute atomic E-state index is 0.0164. The smallest absolute Gasteiger partial charge is 0.408 e. The number of rotatable bonds is 17. The summed E-state index contributed by atoms with van der Waals surface area (Å²) in [6.07, 6.45) is -1.56. The average molecular weight is 666 g/mol. The zero-order valence-corrected chi connectivity index (χ0v) is 27.7. The summed E-state index contributed by atoms with van der Waals surface area (Å²) in [5.41, 5.74) is 3.06. The topological polar surface area (TPSA) is 143 Å². The summed E-state index contributed by atoms with van der Waals surface area (Å²) in [6, 6.07) is 32.4. The van der Waals surface area contributed by atoms with Crippen LogP contribution in [0.1, 0.15) is 48.6 Å². The number of Topliss-reactive ketones (excluding diaryl/α,β-unsaturated/α-hetero) is 1. The van der Waals surface area contributed by atoms with Crippen molar-refractivity contribution in [2.75, 3.05) is 6.54 Å². The number of aliphatic hydroxyl groups excluding tert-OH is 1. The summed E-state index contributed by atoms with van der Waals surface area (Å²) in [7, 11) is 0. The third-order valence-electron chi connectivity index (χ3n) is 7.64. The Morgan fingerprint density at radius 3 is 1.80 bits per heavy atom. The van der Waals surface area contributed by atoms with Gasteiger partial charge in [0.2, 0.25) is 11.7 Å². The summed E-state index contributed by atoms with van der Waals surface area (Å²) in [6.45, 7) is 3.98. The Labute approximate surface area is 286 Å². The summed E-state index contributed by atoms with van der Waals surface area (Å²) in [5.74, 6) is -1.83. The molecule has 4 N–H and O–H groups in total. The largest absolute Gasteiger partial charge is 0.489 e. The van der Waals surface area contributed by atoms with E-state index in [2.05, 4.69) is 16.0 Å². The van der Waals surface area contributed by atoms with E-state index in [0.29, 0.717) is 17.9 Å². The number of nitrogens with one attached hydrogen (secondary N) is 3. The molecular formula is C39H43N3O7. The van der Waals surface area contributed by atoms with Crippen LogP contribution in [0.2, 0.25) is 0 Å². The molecule has 0 aliphatic rings. The van der Waals surface area contributed by atoms with Crippen LogP contribution in [-0.4, -0.2) is 47.4 Å². The van der Waals surface area contributed by atoms with Gasteiger partial charge in [0.05, 0.1) is 6.10 Å². The Kier molecular flexibility index (Phi) is 13.9. The molecule has 0 saturated heterocycles. The lowest BCUT2D eigenvalue weighted by Crippen LogP contribution is -2.55. The van der Waals surface area contributed by atoms with E-state index in [9.17, 15) is 24.3 Å². The Morgan fingerprint density at radius 1 is 0.673 bits per heavy atom. The maximum atomic E-state index is 13.5. The van der Waals surface area contributed by atoms with Crippen molar-refractivity contribution >= 4 is 23.7 Å². The number of amides is 3. The molecule has 3 amide bonds. The molecule has 0 saturated carbocycles. The first-order chi connectivity index (χ1) is 23.7. The first kappa shape index (κ1) is 36.4. The molecule has 0 aromatic heterocycles. The van der Waals surface area contributed by atoms with Crippen LogP contribution in [-0.2, 0) is 38.8 Å². The van der Waals surface area contributed by atoms with E-state index in [0.717, 1.165) is 16.7 Å². The van der Waals surface area contributed by atoms with Crippen molar-refractivity contribution in [1.82, 2.24) is 16.0 Å². The molecule has 0 spiro atoms. The van der Waals surface area contributed by atoms with Crippen molar-refractivity contribution in [2.45, 2.75) is 58.1 Å². The number of ether oxygens (including phenoxy) is 2. The van der Waals surface area contributed by atoms with E-state index < -0.39 is 41.9 Å². The molecule has 0 heterocycles. The quantitative estimate of drug-likeness (QED) is 0.116. The van der Waals surface area contributed by atoms with Crippen LogP contribution >= 0.6 is 0 Å². The van der Waals surface area contributed by atoms with Crippen LogP contribution in [0.25, 0.3) is 0 Å². The van der Waals surface area contributed by atoms with Gasteiger partial charge in [0, 0.05) is 13.0 Å². The maximum absolute atomic E-state index is 13.5. The maximum Gasteiger partial charge on any atom is 0.408 e. The lowest BCUT2D eigenvalue weighted by atomic mass is 9.99. The van der Waals surface area contributed by atoms with Crippen LogP contribution < -0.4 is 20.7 Å². The zero-order chi connectivity index (χ0) is 35.0. The fourth-order valence-electron chi connectivity index (χ4n) is 5.02. The van der Waals surface area contributed by atoms with Gasteiger partial charge in [-0.3, -0.25) is 14.4 Å². The van der Waals surface area contributed by atoms with E-state index in [1.54, 1.807) is 48.5 Å². The van der Waals surface area contributed by atoms with Crippen molar-refractivity contribution in [3.8, 4) is 5.75 Å². The molecule has 10 heteroatoms. The number of hydrogen-bond acceptors (Lipinski definition) is 7. The van der Waals surface area contributed by atoms with Crippen molar-refractivity contribution in [3.63, 3.8) is 0 Å². The lowest BCUT2D eigenvalue weighted by Gasteiger charge is -2.24. The fraction of sp³-hybridized carbons (Fsp3) is 0.282. The molecule has 0 fully saturated rings. The van der Waals surface area contributed by atoms with Gasteiger partial charge in [-0.05, 0) is 46.7 Å². The van der Waals surface area contributed by atoms with Gasteiger partial charge in [-0.25, -0.2) is 4.79 Å². The van der Waals surface area contributed by atoms with Gasteiger partial charge in [0.15, 0.2) is 0 Å². The average Bonchev–Trinajstić information content (AvgIpc) is 3.12. The highest BCUT2D eigenvalue weighted by molar-refractivity contribution is 6.38. The summed E-state index contributed by atoms with van der Waals surface area (Å²) >= 11 is 0. The molecule has 0 bridgehead atoms. The highest BCUT2D eigenvalue weighted by atomic mass is 16.5. The second-order valence-corrected chi connectivity index (χ2v) is 12.1. The van der Waals surface area contributed by atoms with E-state index in [4.69, 9.17) is 9.47 Å². The predicted octanol–water partition coefficient (Wildman–Crippen LogP) is 5.05. The standard InChI is InChI=1S/C39H43N3O7/c1-27(2)22-34(42-39(47)49-26-30-16-10-5-11-17-30)37(45)41-33(23-28-12-6-3-7-13-28)36(44)38(46)40-24-35(43)31-18-20-32(21-19-31)48-25-29-14-8-4-9-15-29/h3-21,27,33-35,43H,22-26H2,1-2H3,(H,40,46)(H,41,45)(H,42,47)/t33-,34-,35?/m0/s1. The number of hydrogen-bond donors (Lipinski definition) is 4. The van der Waals surface area contributed by atoms with Gasteiger partial charge < -0.3 is 30.5 Å². The molecule has 0 radical (unpaired) electrons. The monoisotopic (exact) mass is 665 g/mol. The van der Waals surface area contributed by atoms with Crippen molar-refractivity contribution in [2.24, 2.45) is 5.92 Å². The summed E-state index contributed by atoms with van der Waals surface area (Å²) in [4.78, 5) is 52.7. The minimum atomic E-state index is -1.23. The Morgan fingerprint density at radius 2 is 1.22 bits per heavy atom. The van der Waals surface area contributed by atoms with Crippen LogP contribution in [0.5, 0.6) is 5.75 Å². The van der Waals surface area contributed by atoms with E-state index >= 15 is 0 Å². The van der Waals surface area contributed by atoms with Gasteiger partial charge in [0.1, 0.15) is 31.0 Å². The van der Waals surface area contributed by atoms with Crippen LogP contribution in [0.3, 0.4) is 0 Å².